The third kappa shape index (κ3) is 4.57. The van der Waals surface area contributed by atoms with Crippen molar-refractivity contribution in [2.75, 3.05) is 5.32 Å². The summed E-state index contributed by atoms with van der Waals surface area (Å²) in [6, 6.07) is 3.29. The van der Waals surface area contributed by atoms with Gasteiger partial charge in [0, 0.05) is 0 Å². The van der Waals surface area contributed by atoms with E-state index in [1.165, 1.54) is 6.07 Å². The van der Waals surface area contributed by atoms with Gasteiger partial charge in [0.05, 0.1) is 32.6 Å². The number of carbonyl (C=O) groups is 1. The van der Waals surface area contributed by atoms with E-state index in [1.54, 1.807) is 12.2 Å². The fourth-order valence-electron chi connectivity index (χ4n) is 3.34. The Hall–Kier alpha value is -2.65. The topological polar surface area (TPSA) is 60.5 Å². The number of halogens is 3. The second-order valence-electron chi connectivity index (χ2n) is 8.92. The number of fused-ring (bicyclic) bond motifs is 1. The number of anilines is 1. The van der Waals surface area contributed by atoms with Crippen molar-refractivity contribution in [3.8, 4) is 0 Å². The second-order valence-corrected chi connectivity index (χ2v) is 9.95. The summed E-state index contributed by atoms with van der Waals surface area (Å²) in [5.41, 5.74) is 3.25. The molecule has 1 aromatic heterocycles. The molecule has 5 nitrogen and oxygen atoms in total. The molecule has 0 unspecified atom stereocenters. The highest BCUT2D eigenvalue weighted by molar-refractivity contribution is 7.22. The van der Waals surface area contributed by atoms with E-state index in [0.29, 0.717) is 15.7 Å². The Morgan fingerprint density at radius 3 is 2.48 bits per heavy atom. The van der Waals surface area contributed by atoms with Crippen LogP contribution in [0.3, 0.4) is 0 Å². The highest BCUT2D eigenvalue weighted by atomic mass is 32.1. The van der Waals surface area contributed by atoms with Gasteiger partial charge >= 0.3 is 13.3 Å². The molecule has 2 aliphatic rings. The second kappa shape index (κ2) is 7.99. The third-order valence-electron chi connectivity index (χ3n) is 6.02. The van der Waals surface area contributed by atoms with Crippen molar-refractivity contribution in [3.63, 3.8) is 0 Å². The maximum absolute atomic E-state index is 13.0. The molecule has 2 aromatic rings. The molecular weight excluding hydrogens is 452 g/mol. The molecule has 172 valence electrons. The minimum atomic E-state index is -4.45. The number of nitrogens with one attached hydrogen (secondary N) is 1. The minimum absolute atomic E-state index is 0.197. The maximum Gasteiger partial charge on any atom is 0.495 e. The van der Waals surface area contributed by atoms with Gasteiger partial charge in [0.2, 0.25) is 0 Å². The van der Waals surface area contributed by atoms with Gasteiger partial charge in [0.1, 0.15) is 0 Å². The van der Waals surface area contributed by atoms with E-state index in [9.17, 15) is 18.0 Å². The molecule has 1 saturated heterocycles. The van der Waals surface area contributed by atoms with Crippen LogP contribution in [-0.4, -0.2) is 29.2 Å². The largest absolute Gasteiger partial charge is 0.495 e. The van der Waals surface area contributed by atoms with Crippen molar-refractivity contribution in [3.05, 3.63) is 64.3 Å². The van der Waals surface area contributed by atoms with Crippen molar-refractivity contribution in [2.24, 2.45) is 0 Å². The van der Waals surface area contributed by atoms with E-state index in [0.717, 1.165) is 29.0 Å². The van der Waals surface area contributed by atoms with Crippen molar-refractivity contribution >= 4 is 39.7 Å². The highest BCUT2D eigenvalue weighted by Crippen LogP contribution is 2.40. The molecule has 0 saturated carbocycles. The first-order valence-electron chi connectivity index (χ1n) is 10.3. The van der Waals surface area contributed by atoms with Crippen LogP contribution >= 0.6 is 11.3 Å². The normalized spacial score (nSPS) is 19.8. The lowest BCUT2D eigenvalue weighted by molar-refractivity contribution is -0.137. The molecule has 0 bridgehead atoms. The number of hydrogen-bond donors (Lipinski definition) is 1. The maximum atomic E-state index is 13.0. The van der Waals surface area contributed by atoms with Crippen LogP contribution in [0.1, 0.15) is 40.2 Å². The Kier molecular flexibility index (Phi) is 5.69. The Labute approximate surface area is 193 Å². The molecule has 1 aliphatic heterocycles. The molecule has 0 atom stereocenters. The molecule has 0 radical (unpaired) electrons. The number of rotatable bonds is 3. The first-order chi connectivity index (χ1) is 15.3. The van der Waals surface area contributed by atoms with E-state index in [-0.39, 0.29) is 10.7 Å². The van der Waals surface area contributed by atoms with Crippen LogP contribution < -0.4 is 5.32 Å². The predicted octanol–water partition coefficient (Wildman–Crippen LogP) is 5.85. The molecule has 1 amide bonds. The van der Waals surface area contributed by atoms with Gasteiger partial charge in [-0.3, -0.25) is 10.1 Å². The summed E-state index contributed by atoms with van der Waals surface area (Å²) < 4.78 is 51.5. The summed E-state index contributed by atoms with van der Waals surface area (Å²) in [7, 11) is -0.661. The van der Waals surface area contributed by atoms with Crippen molar-refractivity contribution in [1.29, 1.82) is 0 Å². The van der Waals surface area contributed by atoms with Crippen LogP contribution in [-0.2, 0) is 20.3 Å². The molecule has 1 fully saturated rings. The molecule has 1 aromatic carbocycles. The summed E-state index contributed by atoms with van der Waals surface area (Å²) in [5, 5.41) is 2.86. The number of allylic oxidation sites excluding steroid dienone is 3. The fraction of sp³-hybridized carbons (Fsp3) is 0.348. The lowest BCUT2D eigenvalue weighted by atomic mass is 9.73. The number of thiazole rings is 1. The molecule has 4 rings (SSSR count). The van der Waals surface area contributed by atoms with Crippen LogP contribution in [0.4, 0.5) is 18.3 Å². The smallest absolute Gasteiger partial charge is 0.399 e. The van der Waals surface area contributed by atoms with Gasteiger partial charge in [0.25, 0.3) is 5.91 Å². The molecule has 0 spiro atoms. The number of aromatic nitrogens is 1. The molecule has 1 N–H and O–H groups in total. The predicted molar refractivity (Wildman–Crippen MR) is 123 cm³/mol. The third-order valence-corrected chi connectivity index (χ3v) is 6.95. The zero-order chi connectivity index (χ0) is 24.2. The summed E-state index contributed by atoms with van der Waals surface area (Å²) in [6.45, 7) is 9.68. The number of alkyl halides is 3. The molecule has 33 heavy (non-hydrogen) atoms. The van der Waals surface area contributed by atoms with Gasteiger partial charge in [-0.1, -0.05) is 23.0 Å². The molecule has 2 heterocycles. The first kappa shape index (κ1) is 23.5. The summed E-state index contributed by atoms with van der Waals surface area (Å²) in [6.07, 6.45) is 0.652. The van der Waals surface area contributed by atoms with Crippen molar-refractivity contribution in [1.82, 2.24) is 4.98 Å². The van der Waals surface area contributed by atoms with Crippen LogP contribution in [0.15, 0.2) is 58.8 Å². The van der Waals surface area contributed by atoms with Gasteiger partial charge in [-0.2, -0.15) is 13.2 Å². The van der Waals surface area contributed by atoms with E-state index in [4.69, 9.17) is 9.31 Å². The van der Waals surface area contributed by atoms with Gasteiger partial charge in [-0.15, -0.1) is 5.73 Å². The standard InChI is InChI=1S/C23H22BF3N2O3S/c1-13-7-6-8-14(11-16(13)24-31-21(2,3)22(4,5)32-24)19(30)29-20-28-17-10-9-15(23(25,26)27)12-18(17)33-20/h6-7,9-12H,1-5H3,(H,28,29,30). The number of amides is 1. The Balaban J connectivity index is 1.58. The monoisotopic (exact) mass is 474 g/mol. The Morgan fingerprint density at radius 2 is 1.85 bits per heavy atom. The lowest BCUT2D eigenvalue weighted by Crippen LogP contribution is -2.41. The Bertz CT molecular complexity index is 1250. The van der Waals surface area contributed by atoms with Crippen molar-refractivity contribution in [2.45, 2.75) is 52.0 Å². The van der Waals surface area contributed by atoms with Gasteiger partial charge < -0.3 is 9.31 Å². The van der Waals surface area contributed by atoms with E-state index >= 15 is 0 Å². The number of hydrogen-bond acceptors (Lipinski definition) is 5. The average molecular weight is 474 g/mol. The van der Waals surface area contributed by atoms with Crippen LogP contribution in [0.2, 0.25) is 0 Å². The Morgan fingerprint density at radius 1 is 1.18 bits per heavy atom. The van der Waals surface area contributed by atoms with E-state index < -0.39 is 36.0 Å². The van der Waals surface area contributed by atoms with Crippen molar-refractivity contribution < 1.29 is 27.3 Å². The fourth-order valence-corrected chi connectivity index (χ4v) is 4.24. The van der Waals surface area contributed by atoms with Crippen LogP contribution in [0.25, 0.3) is 10.2 Å². The molecule has 1 aliphatic carbocycles. The van der Waals surface area contributed by atoms with Crippen LogP contribution in [0.5, 0.6) is 0 Å². The van der Waals surface area contributed by atoms with Gasteiger partial charge in [0.15, 0.2) is 5.13 Å². The zero-order valence-corrected chi connectivity index (χ0v) is 19.6. The highest BCUT2D eigenvalue weighted by Gasteiger charge is 2.52. The summed E-state index contributed by atoms with van der Waals surface area (Å²) >= 11 is 0.974. The summed E-state index contributed by atoms with van der Waals surface area (Å²) in [5.74, 6) is -0.488. The summed E-state index contributed by atoms with van der Waals surface area (Å²) in [4.78, 5) is 17.2. The number of carbonyl (C=O) groups excluding carboxylic acids is 1. The molecular formula is C23H22BF3N2O3S. The van der Waals surface area contributed by atoms with Gasteiger partial charge in [-0.05, 0) is 70.4 Å². The quantitative estimate of drug-likeness (QED) is 0.448. The number of nitrogens with zero attached hydrogens (tertiary/aromatic N) is 1. The zero-order valence-electron chi connectivity index (χ0n) is 18.8. The lowest BCUT2D eigenvalue weighted by Gasteiger charge is -2.32. The first-order valence-corrected chi connectivity index (χ1v) is 11.1. The average Bonchev–Trinajstić information content (AvgIpc) is 3.10. The van der Waals surface area contributed by atoms with E-state index in [1.807, 2.05) is 40.7 Å². The minimum Gasteiger partial charge on any atom is -0.399 e. The van der Waals surface area contributed by atoms with Crippen LogP contribution in [0, 0.1) is 0 Å². The van der Waals surface area contributed by atoms with Gasteiger partial charge in [-0.25, -0.2) is 4.98 Å². The number of benzene rings is 1. The SMILES string of the molecule is CC1=CC=C=C(C(=O)Nc2nc3ccc(C(F)(F)F)cc3s2)C=C1B1OC(C)(C)C(C)(C)O1. The molecule has 10 heteroatoms. The van der Waals surface area contributed by atoms with E-state index in [2.05, 4.69) is 16.0 Å².